The summed E-state index contributed by atoms with van der Waals surface area (Å²) >= 11 is 0. The molecule has 0 aliphatic carbocycles. The normalized spacial score (nSPS) is 14.6. The summed E-state index contributed by atoms with van der Waals surface area (Å²) in [7, 11) is -5.01. The monoisotopic (exact) mass is 474 g/mol. The van der Waals surface area contributed by atoms with Crippen LogP contribution in [0.3, 0.4) is 0 Å². The third-order valence-corrected chi connectivity index (χ3v) is 14.0. The van der Waals surface area contributed by atoms with Gasteiger partial charge in [-0.15, -0.1) is 0 Å². The molecule has 0 spiro atoms. The first-order chi connectivity index (χ1) is 13.0. The van der Waals surface area contributed by atoms with E-state index in [0.29, 0.717) is 0 Å². The van der Waals surface area contributed by atoms with Gasteiger partial charge >= 0.3 is 0 Å². The lowest BCUT2D eigenvalue weighted by molar-refractivity contribution is 0.483. The van der Waals surface area contributed by atoms with Crippen LogP contribution in [0.5, 0.6) is 0 Å². The molecule has 1 aromatic rings. The van der Waals surface area contributed by atoms with Crippen LogP contribution >= 0.6 is 15.8 Å². The number of benzene rings is 1. The summed E-state index contributed by atoms with van der Waals surface area (Å²) in [5, 5.41) is 0.645. The molecule has 0 bridgehead atoms. The molecule has 0 radical (unpaired) electrons. The SMILES string of the molecule is CC(C)(C)P(Cc1ccc(S(=O)(=O)O)cc1CP(C(C)(C)C)C(C)(C)C)C(C)(C)C. The van der Waals surface area contributed by atoms with E-state index >= 15 is 0 Å². The Morgan fingerprint density at radius 3 is 1.30 bits per heavy atom. The molecule has 0 atom stereocenters. The van der Waals surface area contributed by atoms with Crippen LogP contribution in [-0.2, 0) is 22.4 Å². The van der Waals surface area contributed by atoms with E-state index in [-0.39, 0.29) is 33.4 Å². The Kier molecular flexibility index (Phi) is 8.49. The van der Waals surface area contributed by atoms with Crippen LogP contribution < -0.4 is 0 Å². The first kappa shape index (κ1) is 28.0. The zero-order chi connectivity index (χ0) is 23.9. The van der Waals surface area contributed by atoms with Gasteiger partial charge < -0.3 is 0 Å². The largest absolute Gasteiger partial charge is 0.294 e. The molecule has 6 heteroatoms. The quantitative estimate of drug-likeness (QED) is 0.346. The van der Waals surface area contributed by atoms with Gasteiger partial charge in [0.25, 0.3) is 10.1 Å². The highest BCUT2D eigenvalue weighted by molar-refractivity contribution is 7.85. The molecule has 0 saturated carbocycles. The van der Waals surface area contributed by atoms with Crippen LogP contribution in [-0.4, -0.2) is 33.6 Å². The van der Waals surface area contributed by atoms with Gasteiger partial charge in [-0.05, 0) is 56.2 Å². The predicted octanol–water partition coefficient (Wildman–Crippen LogP) is 8.09. The maximum absolute atomic E-state index is 11.9. The summed E-state index contributed by atoms with van der Waals surface area (Å²) in [4.78, 5) is 0.00913. The summed E-state index contributed by atoms with van der Waals surface area (Å²) in [5.41, 5.74) is 2.32. The van der Waals surface area contributed by atoms with Gasteiger partial charge in [-0.1, -0.05) is 105 Å². The van der Waals surface area contributed by atoms with Crippen LogP contribution in [0.25, 0.3) is 0 Å². The predicted molar refractivity (Wildman–Crippen MR) is 137 cm³/mol. The van der Waals surface area contributed by atoms with Crippen molar-refractivity contribution < 1.29 is 13.0 Å². The molecule has 1 rings (SSSR count). The Bertz CT molecular complexity index is 805. The molecule has 30 heavy (non-hydrogen) atoms. The zero-order valence-corrected chi connectivity index (χ0v) is 23.8. The first-order valence-electron chi connectivity index (χ1n) is 10.7. The number of hydrogen-bond donors (Lipinski definition) is 1. The first-order valence-corrected chi connectivity index (χ1v) is 15.2. The lowest BCUT2D eigenvalue weighted by atomic mass is 10.1. The molecule has 0 fully saturated rings. The van der Waals surface area contributed by atoms with Crippen LogP contribution in [0, 0.1) is 0 Å². The minimum Gasteiger partial charge on any atom is -0.282 e. The maximum Gasteiger partial charge on any atom is 0.294 e. The smallest absolute Gasteiger partial charge is 0.282 e. The minimum absolute atomic E-state index is 0.00913. The van der Waals surface area contributed by atoms with E-state index in [9.17, 15) is 13.0 Å². The van der Waals surface area contributed by atoms with E-state index in [0.717, 1.165) is 17.9 Å². The Labute approximate surface area is 189 Å². The van der Waals surface area contributed by atoms with E-state index in [1.165, 1.54) is 5.56 Å². The highest BCUT2D eigenvalue weighted by Gasteiger charge is 2.37. The molecule has 0 aliphatic rings. The average Bonchev–Trinajstić information content (AvgIpc) is 2.45. The van der Waals surface area contributed by atoms with Gasteiger partial charge in [-0.25, -0.2) is 0 Å². The fourth-order valence-electron chi connectivity index (χ4n) is 4.37. The Morgan fingerprint density at radius 1 is 0.667 bits per heavy atom. The minimum atomic E-state index is -4.22. The molecule has 1 N–H and O–H groups in total. The summed E-state index contributed by atoms with van der Waals surface area (Å²) in [6.07, 6.45) is 1.82. The van der Waals surface area contributed by atoms with E-state index in [1.54, 1.807) is 12.1 Å². The molecule has 0 unspecified atom stereocenters. The third kappa shape index (κ3) is 7.84. The molecular formula is C24H44O3P2S. The van der Waals surface area contributed by atoms with Crippen molar-refractivity contribution in [3.05, 3.63) is 29.3 Å². The fourth-order valence-corrected chi connectivity index (χ4v) is 12.1. The number of hydrogen-bond acceptors (Lipinski definition) is 2. The van der Waals surface area contributed by atoms with Crippen LogP contribution in [0.4, 0.5) is 0 Å². The van der Waals surface area contributed by atoms with Crippen molar-refractivity contribution in [3.8, 4) is 0 Å². The molecule has 0 aromatic heterocycles. The molecule has 0 saturated heterocycles. The topological polar surface area (TPSA) is 54.4 Å². The standard InChI is InChI=1S/C24H44O3P2S/c1-21(2,3)28(22(4,5)6)16-18-13-14-20(30(25,26)27)15-19(18)17-29(23(7,8)9)24(10,11)12/h13-15H,16-17H2,1-12H3,(H,25,26,27). The van der Waals surface area contributed by atoms with E-state index < -0.39 is 18.0 Å². The fraction of sp³-hybridized carbons (Fsp3) is 0.750. The second-order valence-corrected chi connectivity index (χ2v) is 21.4. The molecule has 0 aliphatic heterocycles. The Balaban J connectivity index is 3.61. The molecule has 0 heterocycles. The van der Waals surface area contributed by atoms with Crippen molar-refractivity contribution in [2.45, 2.75) is 121 Å². The highest BCUT2D eigenvalue weighted by atomic mass is 32.2. The molecule has 174 valence electrons. The van der Waals surface area contributed by atoms with Crippen LogP contribution in [0.1, 0.15) is 94.2 Å². The summed E-state index contributed by atoms with van der Waals surface area (Å²) in [5.74, 6) is 0. The van der Waals surface area contributed by atoms with E-state index in [1.807, 2.05) is 6.07 Å². The van der Waals surface area contributed by atoms with Crippen LogP contribution in [0.15, 0.2) is 23.1 Å². The molecule has 0 amide bonds. The van der Waals surface area contributed by atoms with Gasteiger partial charge in [0.15, 0.2) is 0 Å². The van der Waals surface area contributed by atoms with Gasteiger partial charge in [0.1, 0.15) is 0 Å². The second-order valence-electron chi connectivity index (χ2n) is 12.3. The molecular weight excluding hydrogens is 430 g/mol. The van der Waals surface area contributed by atoms with Gasteiger partial charge in [0.2, 0.25) is 0 Å². The lowest BCUT2D eigenvalue weighted by Gasteiger charge is -2.43. The van der Waals surface area contributed by atoms with Crippen molar-refractivity contribution >= 4 is 26.0 Å². The highest BCUT2D eigenvalue weighted by Crippen LogP contribution is 2.64. The van der Waals surface area contributed by atoms with Crippen molar-refractivity contribution in [2.24, 2.45) is 0 Å². The Hall–Kier alpha value is -0.0100. The third-order valence-electron chi connectivity index (χ3n) is 5.37. The van der Waals surface area contributed by atoms with Crippen LogP contribution in [0.2, 0.25) is 0 Å². The van der Waals surface area contributed by atoms with Crippen molar-refractivity contribution in [1.82, 2.24) is 0 Å². The van der Waals surface area contributed by atoms with E-state index in [2.05, 4.69) is 83.1 Å². The van der Waals surface area contributed by atoms with Gasteiger partial charge in [-0.2, -0.15) is 8.42 Å². The average molecular weight is 475 g/mol. The zero-order valence-electron chi connectivity index (χ0n) is 21.2. The second kappa shape index (κ2) is 9.09. The lowest BCUT2D eigenvalue weighted by Crippen LogP contribution is -2.27. The maximum atomic E-state index is 11.9. The van der Waals surface area contributed by atoms with Crippen molar-refractivity contribution in [3.63, 3.8) is 0 Å². The summed E-state index contributed by atoms with van der Waals surface area (Å²) in [6, 6.07) is 5.25. The summed E-state index contributed by atoms with van der Waals surface area (Å²) in [6.45, 7) is 27.6. The molecule has 1 aromatic carbocycles. The van der Waals surface area contributed by atoms with Crippen molar-refractivity contribution in [2.75, 3.05) is 0 Å². The van der Waals surface area contributed by atoms with Gasteiger partial charge in [-0.3, -0.25) is 4.55 Å². The molecule has 3 nitrogen and oxygen atoms in total. The number of rotatable bonds is 5. The Morgan fingerprint density at radius 2 is 1.00 bits per heavy atom. The van der Waals surface area contributed by atoms with E-state index in [4.69, 9.17) is 0 Å². The van der Waals surface area contributed by atoms with Crippen molar-refractivity contribution in [1.29, 1.82) is 0 Å². The van der Waals surface area contributed by atoms with Gasteiger partial charge in [0.05, 0.1) is 4.90 Å². The van der Waals surface area contributed by atoms with Gasteiger partial charge in [0, 0.05) is 0 Å². The summed E-state index contributed by atoms with van der Waals surface area (Å²) < 4.78 is 33.4.